The second kappa shape index (κ2) is 3.69. The van der Waals surface area contributed by atoms with Gasteiger partial charge in [-0.1, -0.05) is 0 Å². The highest BCUT2D eigenvalue weighted by Gasteiger charge is 2.21. The molecule has 1 aliphatic rings. The van der Waals surface area contributed by atoms with Gasteiger partial charge in [-0.15, -0.1) is 0 Å². The van der Waals surface area contributed by atoms with Crippen molar-refractivity contribution in [3.63, 3.8) is 0 Å². The fourth-order valence-electron chi connectivity index (χ4n) is 1.22. The van der Waals surface area contributed by atoms with Crippen molar-refractivity contribution in [3.05, 3.63) is 0 Å². The monoisotopic (exact) mass is 158 g/mol. The lowest BCUT2D eigenvalue weighted by molar-refractivity contribution is -0.119. The molecule has 3 N–H and O–H groups in total. The molecule has 1 saturated heterocycles. The van der Waals surface area contributed by atoms with Crippen molar-refractivity contribution in [2.45, 2.75) is 25.5 Å². The highest BCUT2D eigenvalue weighted by atomic mass is 16.3. The second-order valence-electron chi connectivity index (χ2n) is 2.93. The normalized spacial score (nSPS) is 30.4. The molecule has 4 heteroatoms. The lowest BCUT2D eigenvalue weighted by Crippen LogP contribution is -2.35. The first kappa shape index (κ1) is 8.49. The Bertz CT molecular complexity index is 149. The molecule has 1 heterocycles. The predicted molar refractivity (Wildman–Crippen MR) is 41.1 cm³/mol. The molecule has 0 aromatic rings. The minimum absolute atomic E-state index is 0.0202. The predicted octanol–water partition coefficient (Wildman–Crippen LogP) is -1.15. The number of carbonyl (C=O) groups is 1. The Labute approximate surface area is 66.0 Å². The summed E-state index contributed by atoms with van der Waals surface area (Å²) < 4.78 is 0. The molecule has 0 bridgehead atoms. The third-order valence-corrected chi connectivity index (χ3v) is 1.80. The summed E-state index contributed by atoms with van der Waals surface area (Å²) in [6, 6.07) is 0.244. The maximum atomic E-state index is 10.5. The number of amides is 1. The van der Waals surface area contributed by atoms with Crippen LogP contribution in [0.15, 0.2) is 0 Å². The van der Waals surface area contributed by atoms with E-state index in [-0.39, 0.29) is 18.1 Å². The Morgan fingerprint density at radius 1 is 1.82 bits per heavy atom. The zero-order chi connectivity index (χ0) is 8.27. The number of aliphatic hydroxyl groups excluding tert-OH is 1. The van der Waals surface area contributed by atoms with Crippen molar-refractivity contribution < 1.29 is 9.90 Å². The Hall–Kier alpha value is -0.610. The van der Waals surface area contributed by atoms with Crippen LogP contribution < -0.4 is 10.6 Å². The van der Waals surface area contributed by atoms with Crippen LogP contribution in [-0.4, -0.2) is 36.2 Å². The van der Waals surface area contributed by atoms with Gasteiger partial charge in [-0.3, -0.25) is 4.79 Å². The standard InChI is InChI=1S/C7H14N2O2/c1-5(10)8-3-6-2-7(11)4-9-6/h6-7,9,11H,2-4H2,1H3,(H,8,10)/t6-,7+/m0/s1. The van der Waals surface area contributed by atoms with E-state index in [2.05, 4.69) is 10.6 Å². The zero-order valence-electron chi connectivity index (χ0n) is 6.63. The molecule has 11 heavy (non-hydrogen) atoms. The fraction of sp³-hybridized carbons (Fsp3) is 0.857. The van der Waals surface area contributed by atoms with Crippen LogP contribution in [-0.2, 0) is 4.79 Å². The molecule has 4 nitrogen and oxygen atoms in total. The number of nitrogens with one attached hydrogen (secondary N) is 2. The molecular weight excluding hydrogens is 144 g/mol. The van der Waals surface area contributed by atoms with Crippen LogP contribution in [0, 0.1) is 0 Å². The Kier molecular flexibility index (Phi) is 2.84. The molecule has 64 valence electrons. The van der Waals surface area contributed by atoms with Gasteiger partial charge < -0.3 is 15.7 Å². The van der Waals surface area contributed by atoms with E-state index in [0.717, 1.165) is 6.42 Å². The molecule has 1 amide bonds. The van der Waals surface area contributed by atoms with E-state index < -0.39 is 0 Å². The molecule has 0 saturated carbocycles. The quantitative estimate of drug-likeness (QED) is 0.475. The first-order chi connectivity index (χ1) is 5.18. The molecular formula is C7H14N2O2. The molecule has 0 unspecified atom stereocenters. The minimum atomic E-state index is -0.242. The highest BCUT2D eigenvalue weighted by molar-refractivity contribution is 5.72. The molecule has 1 aliphatic heterocycles. The van der Waals surface area contributed by atoms with Gasteiger partial charge in [0.05, 0.1) is 6.10 Å². The number of β-amino-alcohol motifs (C(OH)–C–C–N with tert-alkyl or cyclic N) is 1. The van der Waals surface area contributed by atoms with Crippen molar-refractivity contribution >= 4 is 5.91 Å². The third kappa shape index (κ3) is 2.86. The smallest absolute Gasteiger partial charge is 0.216 e. The molecule has 0 aromatic carbocycles. The van der Waals surface area contributed by atoms with Gasteiger partial charge in [0.25, 0.3) is 0 Å². The summed E-state index contributed by atoms with van der Waals surface area (Å²) in [5.74, 6) is -0.0202. The molecule has 2 atom stereocenters. The number of hydrogen-bond acceptors (Lipinski definition) is 3. The zero-order valence-corrected chi connectivity index (χ0v) is 6.63. The van der Waals surface area contributed by atoms with Crippen LogP contribution in [0.5, 0.6) is 0 Å². The van der Waals surface area contributed by atoms with Crippen molar-refractivity contribution in [1.29, 1.82) is 0 Å². The van der Waals surface area contributed by atoms with Crippen LogP contribution >= 0.6 is 0 Å². The lowest BCUT2D eigenvalue weighted by atomic mass is 10.2. The second-order valence-corrected chi connectivity index (χ2v) is 2.93. The van der Waals surface area contributed by atoms with Crippen molar-refractivity contribution in [2.75, 3.05) is 13.1 Å². The molecule has 0 spiro atoms. The van der Waals surface area contributed by atoms with Crippen LogP contribution in [0.2, 0.25) is 0 Å². The van der Waals surface area contributed by atoms with E-state index in [1.54, 1.807) is 0 Å². The van der Waals surface area contributed by atoms with Gasteiger partial charge in [-0.05, 0) is 6.42 Å². The van der Waals surface area contributed by atoms with Gasteiger partial charge in [-0.25, -0.2) is 0 Å². The summed E-state index contributed by atoms with van der Waals surface area (Å²) in [6.45, 7) is 2.75. The first-order valence-corrected chi connectivity index (χ1v) is 3.84. The fourth-order valence-corrected chi connectivity index (χ4v) is 1.22. The molecule has 0 aliphatic carbocycles. The average Bonchev–Trinajstić information content (AvgIpc) is 2.31. The third-order valence-electron chi connectivity index (χ3n) is 1.80. The Morgan fingerprint density at radius 3 is 3.00 bits per heavy atom. The number of hydrogen-bond donors (Lipinski definition) is 3. The van der Waals surface area contributed by atoms with E-state index in [0.29, 0.717) is 13.1 Å². The summed E-state index contributed by atoms with van der Waals surface area (Å²) in [6.07, 6.45) is 0.494. The van der Waals surface area contributed by atoms with Gasteiger partial charge in [0.1, 0.15) is 0 Å². The largest absolute Gasteiger partial charge is 0.392 e. The Morgan fingerprint density at radius 2 is 2.55 bits per heavy atom. The maximum Gasteiger partial charge on any atom is 0.216 e. The van der Waals surface area contributed by atoms with Gasteiger partial charge in [0.15, 0.2) is 0 Å². The summed E-state index contributed by atoms with van der Waals surface area (Å²) in [4.78, 5) is 10.5. The van der Waals surface area contributed by atoms with Crippen molar-refractivity contribution in [1.82, 2.24) is 10.6 Å². The lowest BCUT2D eigenvalue weighted by Gasteiger charge is -2.09. The number of aliphatic hydroxyl groups is 1. The maximum absolute atomic E-state index is 10.5. The summed E-state index contributed by atoms with van der Waals surface area (Å²) in [7, 11) is 0. The SMILES string of the molecule is CC(=O)NC[C@@H]1C[C@@H](O)CN1. The number of carbonyl (C=O) groups excluding carboxylic acids is 1. The topological polar surface area (TPSA) is 61.4 Å². The van der Waals surface area contributed by atoms with E-state index in [1.807, 2.05) is 0 Å². The summed E-state index contributed by atoms with van der Waals surface area (Å²) >= 11 is 0. The molecule has 1 fully saturated rings. The molecule has 1 rings (SSSR count). The van der Waals surface area contributed by atoms with E-state index >= 15 is 0 Å². The summed E-state index contributed by atoms with van der Waals surface area (Å²) in [5.41, 5.74) is 0. The first-order valence-electron chi connectivity index (χ1n) is 3.84. The van der Waals surface area contributed by atoms with Gasteiger partial charge in [-0.2, -0.15) is 0 Å². The van der Waals surface area contributed by atoms with Crippen LogP contribution in [0.4, 0.5) is 0 Å². The number of rotatable bonds is 2. The van der Waals surface area contributed by atoms with E-state index in [9.17, 15) is 4.79 Å². The average molecular weight is 158 g/mol. The van der Waals surface area contributed by atoms with Crippen LogP contribution in [0.25, 0.3) is 0 Å². The highest BCUT2D eigenvalue weighted by Crippen LogP contribution is 2.04. The van der Waals surface area contributed by atoms with Crippen molar-refractivity contribution in [2.24, 2.45) is 0 Å². The van der Waals surface area contributed by atoms with E-state index in [4.69, 9.17) is 5.11 Å². The van der Waals surface area contributed by atoms with Gasteiger partial charge >= 0.3 is 0 Å². The minimum Gasteiger partial charge on any atom is -0.392 e. The van der Waals surface area contributed by atoms with Crippen LogP contribution in [0.1, 0.15) is 13.3 Å². The van der Waals surface area contributed by atoms with Crippen molar-refractivity contribution in [3.8, 4) is 0 Å². The molecule has 0 radical (unpaired) electrons. The van der Waals surface area contributed by atoms with E-state index in [1.165, 1.54) is 6.92 Å². The van der Waals surface area contributed by atoms with Crippen LogP contribution in [0.3, 0.4) is 0 Å². The van der Waals surface area contributed by atoms with Gasteiger partial charge in [0, 0.05) is 26.1 Å². The Balaban J connectivity index is 2.13. The van der Waals surface area contributed by atoms with Gasteiger partial charge in [0.2, 0.25) is 5.91 Å². The molecule has 0 aromatic heterocycles. The summed E-state index contributed by atoms with van der Waals surface area (Å²) in [5, 5.41) is 14.9.